The highest BCUT2D eigenvalue weighted by molar-refractivity contribution is 6.30. The Bertz CT molecular complexity index is 939. The molecule has 2 N–H and O–H groups in total. The molecule has 134 valence electrons. The molecule has 2 aromatic carbocycles. The number of aromatic hydroxyl groups is 2. The monoisotopic (exact) mass is 369 g/mol. The standard InChI is InChI=1S/C20H20ClN3O2/c21-15-3-1-4-16(12-15)24-9-7-23(8-10-24)13-14-11-18(25)17-5-2-6-22-19(17)20(14)26/h1-6,11-12,25-26H,7-10,13H2. The van der Waals surface area contributed by atoms with Gasteiger partial charge in [0.05, 0.1) is 0 Å². The van der Waals surface area contributed by atoms with Crippen LogP contribution in [0.3, 0.4) is 0 Å². The molecule has 26 heavy (non-hydrogen) atoms. The van der Waals surface area contributed by atoms with Crippen LogP contribution in [0.2, 0.25) is 5.02 Å². The Hall–Kier alpha value is -2.50. The Balaban J connectivity index is 1.48. The summed E-state index contributed by atoms with van der Waals surface area (Å²) in [7, 11) is 0. The lowest BCUT2D eigenvalue weighted by Gasteiger charge is -2.36. The molecule has 0 atom stereocenters. The van der Waals surface area contributed by atoms with E-state index in [9.17, 15) is 10.2 Å². The van der Waals surface area contributed by atoms with Gasteiger partial charge in [-0.15, -0.1) is 0 Å². The zero-order valence-corrected chi connectivity index (χ0v) is 15.0. The van der Waals surface area contributed by atoms with Crippen LogP contribution in [-0.4, -0.2) is 46.3 Å². The lowest BCUT2D eigenvalue weighted by molar-refractivity contribution is 0.246. The average molecular weight is 370 g/mol. The average Bonchev–Trinajstić information content (AvgIpc) is 2.66. The lowest BCUT2D eigenvalue weighted by atomic mass is 10.1. The van der Waals surface area contributed by atoms with Crippen molar-refractivity contribution in [2.45, 2.75) is 6.54 Å². The largest absolute Gasteiger partial charge is 0.507 e. The number of benzene rings is 2. The summed E-state index contributed by atoms with van der Waals surface area (Å²) in [5, 5.41) is 22.1. The van der Waals surface area contributed by atoms with Crippen molar-refractivity contribution >= 4 is 28.2 Å². The van der Waals surface area contributed by atoms with Gasteiger partial charge in [0, 0.05) is 60.6 Å². The molecular weight excluding hydrogens is 350 g/mol. The molecule has 0 aliphatic carbocycles. The van der Waals surface area contributed by atoms with Crippen molar-refractivity contribution in [1.29, 1.82) is 0 Å². The smallest absolute Gasteiger partial charge is 0.146 e. The Morgan fingerprint density at radius 1 is 1.00 bits per heavy atom. The molecule has 1 saturated heterocycles. The van der Waals surface area contributed by atoms with E-state index in [0.717, 1.165) is 36.9 Å². The number of piperazine rings is 1. The van der Waals surface area contributed by atoms with Crippen LogP contribution >= 0.6 is 11.6 Å². The van der Waals surface area contributed by atoms with E-state index >= 15 is 0 Å². The molecule has 6 heteroatoms. The van der Waals surface area contributed by atoms with Gasteiger partial charge in [0.15, 0.2) is 0 Å². The third-order valence-corrected chi connectivity index (χ3v) is 5.10. The molecule has 1 aromatic heterocycles. The first-order valence-corrected chi connectivity index (χ1v) is 9.01. The summed E-state index contributed by atoms with van der Waals surface area (Å²) in [5.41, 5.74) is 2.28. The fraction of sp³-hybridized carbons (Fsp3) is 0.250. The zero-order chi connectivity index (χ0) is 18.1. The highest BCUT2D eigenvalue weighted by Gasteiger charge is 2.20. The zero-order valence-electron chi connectivity index (χ0n) is 14.3. The third kappa shape index (κ3) is 3.28. The number of phenolic OH excluding ortho intramolecular Hbond substituents is 2. The summed E-state index contributed by atoms with van der Waals surface area (Å²) >= 11 is 6.09. The Morgan fingerprint density at radius 2 is 1.81 bits per heavy atom. The molecule has 3 aromatic rings. The number of phenols is 2. The maximum atomic E-state index is 10.5. The fourth-order valence-corrected chi connectivity index (χ4v) is 3.65. The van der Waals surface area contributed by atoms with Crippen LogP contribution in [0.1, 0.15) is 5.56 Å². The molecule has 0 saturated carbocycles. The number of rotatable bonds is 3. The second kappa shape index (κ2) is 7.02. The molecule has 4 rings (SSSR count). The number of aromatic nitrogens is 1. The predicted octanol–water partition coefficient (Wildman–Crippen LogP) is 3.62. The van der Waals surface area contributed by atoms with E-state index < -0.39 is 0 Å². The van der Waals surface area contributed by atoms with E-state index in [2.05, 4.69) is 20.9 Å². The second-order valence-corrected chi connectivity index (χ2v) is 6.98. The van der Waals surface area contributed by atoms with Crippen molar-refractivity contribution < 1.29 is 10.2 Å². The Morgan fingerprint density at radius 3 is 2.58 bits per heavy atom. The third-order valence-electron chi connectivity index (χ3n) is 4.86. The van der Waals surface area contributed by atoms with Crippen LogP contribution in [0.25, 0.3) is 10.9 Å². The highest BCUT2D eigenvalue weighted by Crippen LogP contribution is 2.34. The van der Waals surface area contributed by atoms with Crippen molar-refractivity contribution in [3.8, 4) is 11.5 Å². The summed E-state index contributed by atoms with van der Waals surface area (Å²) in [6, 6.07) is 13.0. The number of hydrogen-bond donors (Lipinski definition) is 2. The van der Waals surface area contributed by atoms with Crippen LogP contribution in [0.5, 0.6) is 11.5 Å². The second-order valence-electron chi connectivity index (χ2n) is 6.55. The molecule has 1 fully saturated rings. The van der Waals surface area contributed by atoms with Gasteiger partial charge < -0.3 is 15.1 Å². The van der Waals surface area contributed by atoms with Gasteiger partial charge in [-0.25, -0.2) is 0 Å². The maximum Gasteiger partial charge on any atom is 0.146 e. The first kappa shape index (κ1) is 16.9. The minimum absolute atomic E-state index is 0.149. The topological polar surface area (TPSA) is 59.8 Å². The number of fused-ring (bicyclic) bond motifs is 1. The predicted molar refractivity (Wildman–Crippen MR) is 104 cm³/mol. The Labute approximate surface area is 157 Å². The summed E-state index contributed by atoms with van der Waals surface area (Å²) in [6.45, 7) is 4.09. The molecule has 5 nitrogen and oxygen atoms in total. The summed E-state index contributed by atoms with van der Waals surface area (Å²) in [4.78, 5) is 8.78. The van der Waals surface area contributed by atoms with E-state index in [1.54, 1.807) is 24.4 Å². The van der Waals surface area contributed by atoms with Crippen molar-refractivity contribution in [3.05, 3.63) is 59.2 Å². The van der Waals surface area contributed by atoms with Gasteiger partial charge in [0.1, 0.15) is 17.0 Å². The molecule has 0 unspecified atom stereocenters. The van der Waals surface area contributed by atoms with Crippen molar-refractivity contribution in [1.82, 2.24) is 9.88 Å². The molecule has 1 aliphatic heterocycles. The van der Waals surface area contributed by atoms with Crippen LogP contribution < -0.4 is 4.90 Å². The van der Waals surface area contributed by atoms with Gasteiger partial charge in [0.2, 0.25) is 0 Å². The van der Waals surface area contributed by atoms with Crippen LogP contribution in [0, 0.1) is 0 Å². The summed E-state index contributed by atoms with van der Waals surface area (Å²) in [5.74, 6) is 0.300. The molecule has 0 bridgehead atoms. The molecule has 1 aliphatic rings. The number of hydrogen-bond acceptors (Lipinski definition) is 5. The number of pyridine rings is 1. The lowest BCUT2D eigenvalue weighted by Crippen LogP contribution is -2.45. The SMILES string of the molecule is Oc1cc(CN2CCN(c3cccc(Cl)c3)CC2)c(O)c2ncccc12. The van der Waals surface area contributed by atoms with Gasteiger partial charge in [-0.05, 0) is 36.4 Å². The van der Waals surface area contributed by atoms with Crippen molar-refractivity contribution in [2.75, 3.05) is 31.1 Å². The molecule has 0 spiro atoms. The van der Waals surface area contributed by atoms with Crippen LogP contribution in [-0.2, 0) is 6.54 Å². The molecule has 2 heterocycles. The van der Waals surface area contributed by atoms with E-state index in [1.165, 1.54) is 0 Å². The van der Waals surface area contributed by atoms with E-state index in [0.29, 0.717) is 23.0 Å². The summed E-state index contributed by atoms with van der Waals surface area (Å²) in [6.07, 6.45) is 1.62. The van der Waals surface area contributed by atoms with Crippen molar-refractivity contribution in [3.63, 3.8) is 0 Å². The minimum atomic E-state index is 0.149. The highest BCUT2D eigenvalue weighted by atomic mass is 35.5. The quantitative estimate of drug-likeness (QED) is 0.690. The minimum Gasteiger partial charge on any atom is -0.507 e. The van der Waals surface area contributed by atoms with Gasteiger partial charge in [-0.3, -0.25) is 9.88 Å². The van der Waals surface area contributed by atoms with Gasteiger partial charge in [-0.1, -0.05) is 17.7 Å². The molecule has 0 radical (unpaired) electrons. The van der Waals surface area contributed by atoms with E-state index in [1.807, 2.05) is 18.2 Å². The maximum absolute atomic E-state index is 10.5. The van der Waals surface area contributed by atoms with E-state index in [-0.39, 0.29) is 11.5 Å². The molecule has 0 amide bonds. The summed E-state index contributed by atoms with van der Waals surface area (Å²) < 4.78 is 0. The Kier molecular flexibility index (Phi) is 4.57. The van der Waals surface area contributed by atoms with Crippen molar-refractivity contribution in [2.24, 2.45) is 0 Å². The van der Waals surface area contributed by atoms with Gasteiger partial charge >= 0.3 is 0 Å². The number of anilines is 1. The van der Waals surface area contributed by atoms with Gasteiger partial charge in [-0.2, -0.15) is 0 Å². The molecular formula is C20H20ClN3O2. The van der Waals surface area contributed by atoms with E-state index in [4.69, 9.17) is 11.6 Å². The van der Waals surface area contributed by atoms with Crippen LogP contribution in [0.4, 0.5) is 5.69 Å². The fourth-order valence-electron chi connectivity index (χ4n) is 3.46. The number of nitrogens with zero attached hydrogens (tertiary/aromatic N) is 3. The van der Waals surface area contributed by atoms with Gasteiger partial charge in [0.25, 0.3) is 0 Å². The first-order chi connectivity index (χ1) is 12.6. The van der Waals surface area contributed by atoms with Crippen LogP contribution in [0.15, 0.2) is 48.7 Å². The number of halogens is 1. The normalized spacial score (nSPS) is 15.5. The first-order valence-electron chi connectivity index (χ1n) is 8.63.